The van der Waals surface area contributed by atoms with E-state index in [4.69, 9.17) is 10.7 Å². The highest BCUT2D eigenvalue weighted by atomic mass is 79.9. The van der Waals surface area contributed by atoms with Gasteiger partial charge in [0.1, 0.15) is 0 Å². The van der Waals surface area contributed by atoms with Crippen molar-refractivity contribution in [2.24, 2.45) is 0 Å². The molecule has 1 aromatic carbocycles. The fourth-order valence-corrected chi connectivity index (χ4v) is 1.49. The smallest absolute Gasteiger partial charge is 0.0181 e. The van der Waals surface area contributed by atoms with E-state index >= 15 is 0 Å². The van der Waals surface area contributed by atoms with Crippen molar-refractivity contribution in [3.63, 3.8) is 0 Å². The Bertz CT molecular complexity index is 260. The Hall–Kier alpha value is 0.0800. The summed E-state index contributed by atoms with van der Waals surface area (Å²) in [7, 11) is 6.59. The van der Waals surface area contributed by atoms with Gasteiger partial charge in [0.25, 0.3) is 0 Å². The number of hydrogen-bond donors (Lipinski definition) is 0. The molecule has 0 saturated heterocycles. The molecule has 0 nitrogen and oxygen atoms in total. The van der Waals surface area contributed by atoms with E-state index in [1.807, 2.05) is 35.7 Å². The molecule has 3 heteroatoms. The van der Waals surface area contributed by atoms with Gasteiger partial charge in [-0.2, -0.15) is 0 Å². The summed E-state index contributed by atoms with van der Waals surface area (Å²) in [5.74, 6) is 0. The van der Waals surface area contributed by atoms with Crippen molar-refractivity contribution in [3.05, 3.63) is 39.7 Å². The Kier molecular flexibility index (Phi) is 4.05. The van der Waals surface area contributed by atoms with Crippen molar-refractivity contribution in [2.75, 3.05) is 0 Å². The van der Waals surface area contributed by atoms with Crippen LogP contribution in [0.4, 0.5) is 0 Å². The zero-order valence-electron chi connectivity index (χ0n) is 5.63. The lowest BCUT2D eigenvalue weighted by molar-refractivity contribution is 1.61. The van der Waals surface area contributed by atoms with Gasteiger partial charge >= 0.3 is 0 Å². The van der Waals surface area contributed by atoms with Crippen LogP contribution in [0.3, 0.4) is 0 Å². The lowest BCUT2D eigenvalue weighted by Gasteiger charge is -1.92. The normalized spacial score (nSPS) is 10.7. The Labute approximate surface area is 83.3 Å². The average molecular weight is 250 g/mol. The maximum atomic E-state index is 5.41. The number of halogens is 2. The molecule has 0 heterocycles. The van der Waals surface area contributed by atoms with E-state index in [2.05, 4.69) is 15.9 Å². The first-order chi connectivity index (χ1) is 5.33. The van der Waals surface area contributed by atoms with Gasteiger partial charge in [-0.15, -0.1) is 0 Å². The lowest BCUT2D eigenvalue weighted by Crippen LogP contribution is -1.69. The number of hydrogen-bond acceptors (Lipinski definition) is 1. The molecule has 0 N–H and O–H groups in total. The molecule has 0 saturated carbocycles. The number of rotatable bonds is 2. The molecule has 0 atom stereocenters. The predicted molar refractivity (Wildman–Crippen MR) is 56.6 cm³/mol. The summed E-state index contributed by atoms with van der Waals surface area (Å²) in [4.78, 5) is 0. The van der Waals surface area contributed by atoms with Gasteiger partial charge in [0.15, 0.2) is 0 Å². The van der Waals surface area contributed by atoms with Crippen LogP contribution in [0.1, 0.15) is 5.56 Å². The van der Waals surface area contributed by atoms with Crippen LogP contribution in [-0.2, 0) is 0 Å². The van der Waals surface area contributed by atoms with Crippen molar-refractivity contribution in [2.45, 2.75) is 0 Å². The standard InChI is InChI=1S/C8H6BrClS/c9-8-3-1-2-7(6-8)4-5-11-10/h1-6H/b5-4+. The highest BCUT2D eigenvalue weighted by molar-refractivity contribution is 9.10. The van der Waals surface area contributed by atoms with Gasteiger partial charge in [0, 0.05) is 4.47 Å². The topological polar surface area (TPSA) is 0 Å². The molecular weight excluding hydrogens is 244 g/mol. The monoisotopic (exact) mass is 248 g/mol. The Morgan fingerprint density at radius 2 is 2.27 bits per heavy atom. The van der Waals surface area contributed by atoms with Gasteiger partial charge in [-0.05, 0) is 50.8 Å². The van der Waals surface area contributed by atoms with E-state index in [1.54, 1.807) is 0 Å². The summed E-state index contributed by atoms with van der Waals surface area (Å²) in [6.45, 7) is 0. The van der Waals surface area contributed by atoms with Crippen LogP contribution < -0.4 is 0 Å². The van der Waals surface area contributed by atoms with Crippen LogP contribution >= 0.6 is 37.6 Å². The maximum Gasteiger partial charge on any atom is 0.0181 e. The fourth-order valence-electron chi connectivity index (χ4n) is 0.715. The van der Waals surface area contributed by atoms with Crippen LogP contribution in [0.5, 0.6) is 0 Å². The Morgan fingerprint density at radius 3 is 2.91 bits per heavy atom. The van der Waals surface area contributed by atoms with Gasteiger partial charge in [0.05, 0.1) is 0 Å². The van der Waals surface area contributed by atoms with Gasteiger partial charge in [-0.25, -0.2) is 0 Å². The number of benzene rings is 1. The van der Waals surface area contributed by atoms with Crippen LogP contribution in [0.25, 0.3) is 6.08 Å². The summed E-state index contributed by atoms with van der Waals surface area (Å²) in [6, 6.07) is 8.03. The van der Waals surface area contributed by atoms with Crippen LogP contribution in [0.2, 0.25) is 0 Å². The van der Waals surface area contributed by atoms with Crippen molar-refractivity contribution >= 4 is 43.7 Å². The zero-order chi connectivity index (χ0) is 8.10. The van der Waals surface area contributed by atoms with E-state index in [9.17, 15) is 0 Å². The van der Waals surface area contributed by atoms with Crippen molar-refractivity contribution in [3.8, 4) is 0 Å². The Balaban J connectivity index is 2.79. The molecule has 58 valence electrons. The molecule has 0 fully saturated rings. The van der Waals surface area contributed by atoms with Gasteiger partial charge in [0.2, 0.25) is 0 Å². The van der Waals surface area contributed by atoms with Crippen LogP contribution in [0, 0.1) is 0 Å². The highest BCUT2D eigenvalue weighted by Crippen LogP contribution is 2.15. The molecule has 0 radical (unpaired) electrons. The molecule has 0 spiro atoms. The second-order valence-corrected chi connectivity index (χ2v) is 3.85. The highest BCUT2D eigenvalue weighted by Gasteiger charge is 1.86. The predicted octanol–water partition coefficient (Wildman–Crippen LogP) is 4.31. The minimum Gasteiger partial charge on any atom is -0.0606 e. The second-order valence-electron chi connectivity index (χ2n) is 1.95. The second kappa shape index (κ2) is 4.86. The van der Waals surface area contributed by atoms with E-state index in [-0.39, 0.29) is 0 Å². The molecule has 1 rings (SSSR count). The molecule has 0 aromatic heterocycles. The van der Waals surface area contributed by atoms with Gasteiger partial charge < -0.3 is 0 Å². The first-order valence-electron chi connectivity index (χ1n) is 3.02. The third-order valence-electron chi connectivity index (χ3n) is 1.16. The van der Waals surface area contributed by atoms with E-state index in [1.165, 1.54) is 11.0 Å². The van der Waals surface area contributed by atoms with E-state index < -0.39 is 0 Å². The van der Waals surface area contributed by atoms with Crippen molar-refractivity contribution in [1.82, 2.24) is 0 Å². The fraction of sp³-hybridized carbons (Fsp3) is 0. The maximum absolute atomic E-state index is 5.41. The summed E-state index contributed by atoms with van der Waals surface area (Å²) in [5, 5.41) is 1.84. The summed E-state index contributed by atoms with van der Waals surface area (Å²) in [5.41, 5.74) is 1.15. The molecule has 0 aliphatic heterocycles. The zero-order valence-corrected chi connectivity index (χ0v) is 8.79. The largest absolute Gasteiger partial charge is 0.0606 e. The molecule has 0 aliphatic rings. The summed E-state index contributed by atoms with van der Waals surface area (Å²) < 4.78 is 1.08. The molecular formula is C8H6BrClS. The molecule has 11 heavy (non-hydrogen) atoms. The van der Waals surface area contributed by atoms with Crippen molar-refractivity contribution in [1.29, 1.82) is 0 Å². The van der Waals surface area contributed by atoms with Gasteiger partial charge in [-0.1, -0.05) is 28.1 Å². The minimum atomic E-state index is 1.08. The van der Waals surface area contributed by atoms with Crippen LogP contribution in [-0.4, -0.2) is 0 Å². The average Bonchev–Trinajstić information content (AvgIpc) is 2.01. The first kappa shape index (κ1) is 9.17. The van der Waals surface area contributed by atoms with E-state index in [0.29, 0.717) is 0 Å². The third kappa shape index (κ3) is 3.32. The molecule has 0 bridgehead atoms. The SMILES string of the molecule is ClS/C=C/c1cccc(Br)c1. The quantitative estimate of drug-likeness (QED) is 0.753. The van der Waals surface area contributed by atoms with Crippen LogP contribution in [0.15, 0.2) is 34.1 Å². The third-order valence-corrected chi connectivity index (χ3v) is 2.20. The lowest BCUT2D eigenvalue weighted by atomic mass is 10.2. The van der Waals surface area contributed by atoms with E-state index in [0.717, 1.165) is 10.0 Å². The summed E-state index contributed by atoms with van der Waals surface area (Å²) in [6.07, 6.45) is 1.96. The Morgan fingerprint density at radius 1 is 1.45 bits per heavy atom. The van der Waals surface area contributed by atoms with Crippen molar-refractivity contribution < 1.29 is 0 Å². The molecule has 0 unspecified atom stereocenters. The molecule has 0 aliphatic carbocycles. The molecule has 1 aromatic rings. The minimum absolute atomic E-state index is 1.08. The summed E-state index contributed by atoms with van der Waals surface area (Å²) >= 11 is 3.38. The van der Waals surface area contributed by atoms with Gasteiger partial charge in [-0.3, -0.25) is 0 Å². The first-order valence-corrected chi connectivity index (χ1v) is 5.52. The molecule has 0 amide bonds.